The van der Waals surface area contributed by atoms with Crippen LogP contribution in [-0.2, 0) is 22.5 Å². The second-order valence-corrected chi connectivity index (χ2v) is 11.5. The van der Waals surface area contributed by atoms with E-state index in [0.29, 0.717) is 24.1 Å². The van der Waals surface area contributed by atoms with Gasteiger partial charge in [-0.2, -0.15) is 0 Å². The third-order valence-corrected chi connectivity index (χ3v) is 7.01. The topological polar surface area (TPSA) is 51.7 Å². The first-order chi connectivity index (χ1) is 18.0. The average Bonchev–Trinajstić information content (AvgIpc) is 2.84. The van der Waals surface area contributed by atoms with E-state index in [0.717, 1.165) is 50.7 Å². The first-order valence-electron chi connectivity index (χ1n) is 13.1. The third kappa shape index (κ3) is 4.67. The van der Waals surface area contributed by atoms with Crippen LogP contribution in [0.15, 0.2) is 42.6 Å². The van der Waals surface area contributed by atoms with Crippen molar-refractivity contribution in [2.45, 2.75) is 59.3 Å². The van der Waals surface area contributed by atoms with Crippen molar-refractivity contribution in [1.82, 2.24) is 9.88 Å². The predicted octanol–water partition coefficient (Wildman–Crippen LogP) is 6.94. The summed E-state index contributed by atoms with van der Waals surface area (Å²) in [4.78, 5) is 19.9. The monoisotopic (exact) mass is 514 g/mol. The van der Waals surface area contributed by atoms with Crippen LogP contribution in [0.3, 0.4) is 0 Å². The van der Waals surface area contributed by atoms with Crippen LogP contribution in [0.25, 0.3) is 32.8 Å². The van der Waals surface area contributed by atoms with E-state index in [2.05, 4.69) is 0 Å². The van der Waals surface area contributed by atoms with E-state index in [-0.39, 0.29) is 11.6 Å². The summed E-state index contributed by atoms with van der Waals surface area (Å²) in [6.07, 6.45) is 1.79. The lowest BCUT2D eigenvalue weighted by atomic mass is 9.84. The van der Waals surface area contributed by atoms with Gasteiger partial charge in [0.1, 0.15) is 17.7 Å². The van der Waals surface area contributed by atoms with E-state index in [1.165, 1.54) is 5.56 Å². The first kappa shape index (κ1) is 26.3. The van der Waals surface area contributed by atoms with Crippen molar-refractivity contribution in [2.24, 2.45) is 0 Å². The number of aryl methyl sites for hydroxylation is 1. The molecule has 0 saturated carbocycles. The van der Waals surface area contributed by atoms with Crippen LogP contribution >= 0.6 is 0 Å². The highest BCUT2D eigenvalue weighted by molar-refractivity contribution is 6.09. The van der Waals surface area contributed by atoms with Gasteiger partial charge in [-0.15, -0.1) is 0 Å². The van der Waals surface area contributed by atoms with Gasteiger partial charge in [-0.05, 0) is 101 Å². The number of aromatic nitrogens is 1. The van der Waals surface area contributed by atoms with E-state index < -0.39 is 11.7 Å². The largest absolute Gasteiger partial charge is 0.493 e. The second kappa shape index (κ2) is 9.75. The highest BCUT2D eigenvalue weighted by atomic mass is 19.1. The normalized spacial score (nSPS) is 14.2. The Labute approximate surface area is 223 Å². The van der Waals surface area contributed by atoms with Crippen LogP contribution in [-0.4, -0.2) is 42.0 Å². The molecule has 0 saturated heterocycles. The van der Waals surface area contributed by atoms with Gasteiger partial charge in [0, 0.05) is 41.1 Å². The molecule has 1 aliphatic rings. The molecule has 0 aliphatic carbocycles. The number of halogens is 1. The summed E-state index contributed by atoms with van der Waals surface area (Å²) >= 11 is 0. The Morgan fingerprint density at radius 1 is 1.16 bits per heavy atom. The van der Waals surface area contributed by atoms with Crippen LogP contribution < -0.4 is 4.74 Å². The van der Waals surface area contributed by atoms with E-state index in [4.69, 9.17) is 14.5 Å². The van der Waals surface area contributed by atoms with Crippen molar-refractivity contribution in [3.8, 4) is 16.9 Å². The lowest BCUT2D eigenvalue weighted by molar-refractivity contribution is -0.138. The molecule has 2 heterocycles. The summed E-state index contributed by atoms with van der Waals surface area (Å²) in [5, 5.41) is 2.22. The maximum Gasteiger partial charge on any atom is 0.163 e. The minimum Gasteiger partial charge on any atom is -0.493 e. The number of rotatable bonds is 6. The van der Waals surface area contributed by atoms with E-state index in [1.807, 2.05) is 89.3 Å². The molecule has 1 aliphatic heterocycles. The Hall–Kier alpha value is -3.35. The standard InChI is InChI=1S/C32H35FN2O3/c1-18-16-24-22(9-8-21(29(24)33)17-35(6)7)28(26(18)31(19(2)36)38-32(3,4)5)23-10-11-25-27-20(13-15-37-25)12-14-34-30(23)27/h8-12,14,16,31H,13,15,17H2,1-7H3/t31-/m1/s1. The Kier molecular flexibility index (Phi) is 6.74. The fourth-order valence-corrected chi connectivity index (χ4v) is 5.53. The number of ketones is 1. The molecule has 3 aromatic carbocycles. The Bertz CT molecular complexity index is 1560. The molecule has 5 nitrogen and oxygen atoms in total. The zero-order valence-electron chi connectivity index (χ0n) is 23.2. The van der Waals surface area contributed by atoms with Crippen LogP contribution in [0.4, 0.5) is 4.39 Å². The molecule has 1 atom stereocenters. The summed E-state index contributed by atoms with van der Waals surface area (Å²) < 4.78 is 28.4. The number of fused-ring (bicyclic) bond motifs is 1. The van der Waals surface area contributed by atoms with E-state index in [9.17, 15) is 4.79 Å². The van der Waals surface area contributed by atoms with Crippen molar-refractivity contribution >= 4 is 27.5 Å². The highest BCUT2D eigenvalue weighted by Gasteiger charge is 2.31. The molecular weight excluding hydrogens is 479 g/mol. The molecule has 38 heavy (non-hydrogen) atoms. The van der Waals surface area contributed by atoms with Gasteiger partial charge in [-0.3, -0.25) is 9.78 Å². The summed E-state index contributed by atoms with van der Waals surface area (Å²) in [7, 11) is 3.85. The summed E-state index contributed by atoms with van der Waals surface area (Å²) in [6, 6.07) is 11.6. The molecule has 0 fully saturated rings. The van der Waals surface area contributed by atoms with Crippen molar-refractivity contribution in [3.05, 3.63) is 70.7 Å². The second-order valence-electron chi connectivity index (χ2n) is 11.5. The van der Waals surface area contributed by atoms with Crippen molar-refractivity contribution in [1.29, 1.82) is 0 Å². The van der Waals surface area contributed by atoms with E-state index in [1.54, 1.807) is 6.92 Å². The summed E-state index contributed by atoms with van der Waals surface area (Å²) in [5.74, 6) is 0.444. The molecule has 0 amide bonds. The fraction of sp³-hybridized carbons (Fsp3) is 0.375. The third-order valence-electron chi connectivity index (χ3n) is 7.01. The van der Waals surface area contributed by atoms with Crippen LogP contribution in [0.1, 0.15) is 56.1 Å². The number of ether oxygens (including phenoxy) is 2. The van der Waals surface area contributed by atoms with Crippen molar-refractivity contribution < 1.29 is 18.7 Å². The van der Waals surface area contributed by atoms with Crippen molar-refractivity contribution in [3.63, 3.8) is 0 Å². The molecule has 198 valence electrons. The minimum absolute atomic E-state index is 0.104. The number of carbonyl (C=O) groups is 1. The molecule has 0 unspecified atom stereocenters. The Morgan fingerprint density at radius 2 is 1.92 bits per heavy atom. The molecule has 0 radical (unpaired) electrons. The van der Waals surface area contributed by atoms with Gasteiger partial charge in [0.2, 0.25) is 0 Å². The molecular formula is C32H35FN2O3. The van der Waals surface area contributed by atoms with Crippen LogP contribution in [0.2, 0.25) is 0 Å². The number of Topliss-reactive ketones (excluding diaryl/α,β-unsaturated/α-hetero) is 1. The predicted molar refractivity (Wildman–Crippen MR) is 150 cm³/mol. The first-order valence-corrected chi connectivity index (χ1v) is 13.1. The highest BCUT2D eigenvalue weighted by Crippen LogP contribution is 2.45. The number of pyridine rings is 1. The molecule has 4 aromatic rings. The number of carbonyl (C=O) groups excluding carboxylic acids is 1. The van der Waals surface area contributed by atoms with Gasteiger partial charge < -0.3 is 14.4 Å². The number of nitrogens with zero attached hydrogens (tertiary/aromatic N) is 2. The lowest BCUT2D eigenvalue weighted by Gasteiger charge is -2.30. The van der Waals surface area contributed by atoms with Gasteiger partial charge in [0.15, 0.2) is 5.78 Å². The van der Waals surface area contributed by atoms with Gasteiger partial charge in [-0.25, -0.2) is 4.39 Å². The maximum atomic E-state index is 16.0. The number of benzene rings is 3. The smallest absolute Gasteiger partial charge is 0.163 e. The van der Waals surface area contributed by atoms with Crippen molar-refractivity contribution in [2.75, 3.05) is 20.7 Å². The molecule has 0 spiro atoms. The zero-order chi connectivity index (χ0) is 27.4. The zero-order valence-corrected chi connectivity index (χ0v) is 23.2. The molecule has 5 rings (SSSR count). The quantitative estimate of drug-likeness (QED) is 0.279. The SMILES string of the molecule is CC(=O)[C@@H](OC(C)(C)C)c1c(C)cc2c(F)c(CN(C)C)ccc2c1-c1ccc2c3c(ccnc13)CCO2. The van der Waals surface area contributed by atoms with Gasteiger partial charge in [-0.1, -0.05) is 12.1 Å². The number of hydrogen-bond donors (Lipinski definition) is 0. The van der Waals surface area contributed by atoms with Crippen LogP contribution in [0, 0.1) is 12.7 Å². The average molecular weight is 515 g/mol. The fourth-order valence-electron chi connectivity index (χ4n) is 5.53. The molecule has 6 heteroatoms. The Morgan fingerprint density at radius 3 is 2.61 bits per heavy atom. The van der Waals surface area contributed by atoms with Crippen LogP contribution in [0.5, 0.6) is 5.75 Å². The molecule has 1 aromatic heterocycles. The van der Waals surface area contributed by atoms with Gasteiger partial charge in [0.25, 0.3) is 0 Å². The lowest BCUT2D eigenvalue weighted by Crippen LogP contribution is -2.27. The Balaban J connectivity index is 1.91. The molecule has 0 N–H and O–H groups in total. The molecule has 0 bridgehead atoms. The number of hydrogen-bond acceptors (Lipinski definition) is 5. The summed E-state index contributed by atoms with van der Waals surface area (Å²) in [6.45, 7) is 10.4. The van der Waals surface area contributed by atoms with Gasteiger partial charge in [0.05, 0.1) is 17.7 Å². The minimum atomic E-state index is -0.819. The van der Waals surface area contributed by atoms with E-state index >= 15 is 4.39 Å². The summed E-state index contributed by atoms with van der Waals surface area (Å²) in [5.41, 5.74) is 5.17. The van der Waals surface area contributed by atoms with Gasteiger partial charge >= 0.3 is 0 Å². The maximum absolute atomic E-state index is 16.0.